The zero-order chi connectivity index (χ0) is 24.1. The lowest BCUT2D eigenvalue weighted by atomic mass is 9.91. The summed E-state index contributed by atoms with van der Waals surface area (Å²) in [5, 5.41) is 5.89. The third kappa shape index (κ3) is 4.30. The predicted molar refractivity (Wildman–Crippen MR) is 119 cm³/mol. The monoisotopic (exact) mass is 477 g/mol. The number of carbonyl (C=O) groups is 2. The number of hydrogen-bond donors (Lipinski definition) is 2. The number of allylic oxidation sites excluding steroid dienone is 1. The zero-order valence-electron chi connectivity index (χ0n) is 19.0. The number of nitrogens with one attached hydrogen (secondary N) is 2. The normalized spacial score (nSPS) is 28.5. The summed E-state index contributed by atoms with van der Waals surface area (Å²) in [6.07, 6.45) is 0.619. The minimum Gasteiger partial charge on any atom is -0.489 e. The number of amides is 2. The van der Waals surface area contributed by atoms with Gasteiger partial charge >= 0.3 is 6.18 Å². The van der Waals surface area contributed by atoms with Crippen LogP contribution >= 0.6 is 0 Å². The second-order valence-corrected chi connectivity index (χ2v) is 10.1. The first-order valence-electron chi connectivity index (χ1n) is 12.1. The summed E-state index contributed by atoms with van der Waals surface area (Å²) in [5.74, 6) is 0.219. The standard InChI is InChI=1S/C25H30F3N3O3/c1-15-6-9-20(22(32)30-15)31-13-16-12-17(7-8-18(16)23(31)33)34-21-5-3-2-4-19(21)29-14-24(10-11-24)25(26,27)28/h7-8,12,19-21,29H,1-6,9-11,13-14H2,(H,30,32)/t19-,20?,21-/m1/s1. The minimum absolute atomic E-state index is 0.0649. The maximum atomic E-state index is 13.3. The highest BCUT2D eigenvalue weighted by molar-refractivity contribution is 6.01. The number of nitrogens with zero attached hydrogens (tertiary/aromatic N) is 1. The van der Waals surface area contributed by atoms with Gasteiger partial charge in [-0.3, -0.25) is 9.59 Å². The molecular weight excluding hydrogens is 447 g/mol. The SMILES string of the molecule is C=C1CCC(N2Cc3cc(O[C@@H]4CCCC[C@H]4NCC4(C(F)(F)F)CC4)ccc3C2=O)C(=O)N1. The van der Waals surface area contributed by atoms with Gasteiger partial charge in [-0.1, -0.05) is 13.0 Å². The van der Waals surface area contributed by atoms with Crippen LogP contribution < -0.4 is 15.4 Å². The molecule has 0 radical (unpaired) electrons. The molecule has 3 atom stereocenters. The molecule has 2 amide bonds. The highest BCUT2D eigenvalue weighted by atomic mass is 19.4. The molecular formula is C25H30F3N3O3. The van der Waals surface area contributed by atoms with Crippen LogP contribution in [0.3, 0.4) is 0 Å². The fourth-order valence-corrected chi connectivity index (χ4v) is 5.39. The number of carbonyl (C=O) groups excluding carboxylic acids is 2. The molecule has 9 heteroatoms. The summed E-state index contributed by atoms with van der Waals surface area (Å²) < 4.78 is 46.2. The van der Waals surface area contributed by atoms with E-state index in [2.05, 4.69) is 17.2 Å². The van der Waals surface area contributed by atoms with Gasteiger partial charge < -0.3 is 20.3 Å². The van der Waals surface area contributed by atoms with Gasteiger partial charge in [0.15, 0.2) is 0 Å². The number of benzene rings is 1. The molecule has 3 fully saturated rings. The molecule has 0 bridgehead atoms. The fourth-order valence-electron chi connectivity index (χ4n) is 5.39. The number of ether oxygens (including phenoxy) is 1. The van der Waals surface area contributed by atoms with Crippen LogP contribution in [0.25, 0.3) is 0 Å². The molecule has 1 aromatic rings. The molecule has 2 saturated carbocycles. The van der Waals surface area contributed by atoms with Crippen LogP contribution in [0.1, 0.15) is 67.3 Å². The van der Waals surface area contributed by atoms with Gasteiger partial charge in [0.05, 0.1) is 5.41 Å². The van der Waals surface area contributed by atoms with Crippen LogP contribution in [0, 0.1) is 5.41 Å². The van der Waals surface area contributed by atoms with Crippen LogP contribution in [0.4, 0.5) is 13.2 Å². The van der Waals surface area contributed by atoms with Gasteiger partial charge in [0, 0.05) is 30.4 Å². The van der Waals surface area contributed by atoms with E-state index in [9.17, 15) is 22.8 Å². The van der Waals surface area contributed by atoms with E-state index in [-0.39, 0.29) is 43.3 Å². The van der Waals surface area contributed by atoms with E-state index in [4.69, 9.17) is 4.74 Å². The van der Waals surface area contributed by atoms with Crippen LogP contribution in [0.2, 0.25) is 0 Å². The molecule has 1 unspecified atom stereocenters. The lowest BCUT2D eigenvalue weighted by Gasteiger charge is -2.34. The number of piperidine rings is 1. The molecule has 5 rings (SSSR count). The van der Waals surface area contributed by atoms with Crippen molar-refractivity contribution in [2.45, 2.75) is 82.3 Å². The molecule has 2 aliphatic carbocycles. The Hall–Kier alpha value is -2.55. The van der Waals surface area contributed by atoms with E-state index in [1.54, 1.807) is 17.0 Å². The molecule has 1 saturated heterocycles. The van der Waals surface area contributed by atoms with Gasteiger partial charge in [-0.2, -0.15) is 13.2 Å². The van der Waals surface area contributed by atoms with Crippen LogP contribution in [-0.4, -0.2) is 47.6 Å². The first-order chi connectivity index (χ1) is 16.2. The Morgan fingerprint density at radius 1 is 1.18 bits per heavy atom. The van der Waals surface area contributed by atoms with Crippen LogP contribution in [0.15, 0.2) is 30.5 Å². The lowest BCUT2D eigenvalue weighted by Crippen LogP contribution is -2.49. The maximum Gasteiger partial charge on any atom is 0.395 e. The van der Waals surface area contributed by atoms with Crippen molar-refractivity contribution in [2.24, 2.45) is 5.41 Å². The van der Waals surface area contributed by atoms with E-state index < -0.39 is 17.6 Å². The zero-order valence-corrected chi connectivity index (χ0v) is 19.0. The van der Waals surface area contributed by atoms with E-state index in [0.717, 1.165) is 31.2 Å². The largest absolute Gasteiger partial charge is 0.489 e. The summed E-state index contributed by atoms with van der Waals surface area (Å²) in [6, 6.07) is 4.63. The first-order valence-corrected chi connectivity index (χ1v) is 12.1. The molecule has 1 aromatic carbocycles. The van der Waals surface area contributed by atoms with E-state index in [0.29, 0.717) is 36.4 Å². The summed E-state index contributed by atoms with van der Waals surface area (Å²) in [6.45, 7) is 4.05. The summed E-state index contributed by atoms with van der Waals surface area (Å²) in [4.78, 5) is 26.9. The van der Waals surface area contributed by atoms with Crippen molar-refractivity contribution >= 4 is 11.8 Å². The first kappa shape index (κ1) is 23.2. The van der Waals surface area contributed by atoms with Gasteiger partial charge in [-0.15, -0.1) is 0 Å². The Bertz CT molecular complexity index is 1000. The van der Waals surface area contributed by atoms with Crippen molar-refractivity contribution in [3.05, 3.63) is 41.6 Å². The molecule has 0 aromatic heterocycles. The van der Waals surface area contributed by atoms with Gasteiger partial charge in [0.1, 0.15) is 17.9 Å². The molecule has 34 heavy (non-hydrogen) atoms. The average Bonchev–Trinajstić information content (AvgIpc) is 3.52. The Kier molecular flexibility index (Phi) is 5.86. The molecule has 4 aliphatic rings. The smallest absolute Gasteiger partial charge is 0.395 e. The van der Waals surface area contributed by atoms with E-state index in [1.807, 2.05) is 6.07 Å². The van der Waals surface area contributed by atoms with Crippen molar-refractivity contribution < 1.29 is 27.5 Å². The summed E-state index contributed by atoms with van der Waals surface area (Å²) in [5.41, 5.74) is 0.446. The molecule has 0 spiro atoms. The second-order valence-electron chi connectivity index (χ2n) is 10.1. The Morgan fingerprint density at radius 2 is 1.94 bits per heavy atom. The number of hydrogen-bond acceptors (Lipinski definition) is 4. The van der Waals surface area contributed by atoms with E-state index >= 15 is 0 Å². The van der Waals surface area contributed by atoms with E-state index in [1.165, 1.54) is 0 Å². The molecule has 2 heterocycles. The second kappa shape index (κ2) is 8.59. The van der Waals surface area contributed by atoms with Crippen molar-refractivity contribution in [3.63, 3.8) is 0 Å². The van der Waals surface area contributed by atoms with Crippen molar-refractivity contribution in [1.29, 1.82) is 0 Å². The lowest BCUT2D eigenvalue weighted by molar-refractivity contribution is -0.186. The van der Waals surface area contributed by atoms with Gasteiger partial charge in [0.2, 0.25) is 5.91 Å². The van der Waals surface area contributed by atoms with Crippen LogP contribution in [0.5, 0.6) is 5.75 Å². The molecule has 2 N–H and O–H groups in total. The molecule has 2 aliphatic heterocycles. The highest BCUT2D eigenvalue weighted by Gasteiger charge is 2.62. The Balaban J connectivity index is 1.25. The molecule has 184 valence electrons. The highest BCUT2D eigenvalue weighted by Crippen LogP contribution is 2.57. The third-order valence-corrected chi connectivity index (χ3v) is 7.75. The topological polar surface area (TPSA) is 70.7 Å². The van der Waals surface area contributed by atoms with Gasteiger partial charge in [-0.25, -0.2) is 0 Å². The van der Waals surface area contributed by atoms with Crippen LogP contribution in [-0.2, 0) is 11.3 Å². The average molecular weight is 478 g/mol. The van der Waals surface area contributed by atoms with Crippen molar-refractivity contribution in [1.82, 2.24) is 15.5 Å². The Labute approximate surface area is 196 Å². The van der Waals surface area contributed by atoms with Crippen molar-refractivity contribution in [2.75, 3.05) is 6.54 Å². The predicted octanol–water partition coefficient (Wildman–Crippen LogP) is 4.06. The van der Waals surface area contributed by atoms with Crippen molar-refractivity contribution in [3.8, 4) is 5.75 Å². The Morgan fingerprint density at radius 3 is 2.65 bits per heavy atom. The number of alkyl halides is 3. The number of fused-ring (bicyclic) bond motifs is 1. The number of halogens is 3. The third-order valence-electron chi connectivity index (χ3n) is 7.75. The van der Waals surface area contributed by atoms with Gasteiger partial charge in [-0.05, 0) is 68.7 Å². The minimum atomic E-state index is -4.17. The number of rotatable bonds is 6. The maximum absolute atomic E-state index is 13.3. The summed E-state index contributed by atoms with van der Waals surface area (Å²) in [7, 11) is 0. The summed E-state index contributed by atoms with van der Waals surface area (Å²) >= 11 is 0. The molecule has 6 nitrogen and oxygen atoms in total. The quantitative estimate of drug-likeness (QED) is 0.649. The fraction of sp³-hybridized carbons (Fsp3) is 0.600. The van der Waals surface area contributed by atoms with Gasteiger partial charge in [0.25, 0.3) is 5.91 Å².